The third-order valence-corrected chi connectivity index (χ3v) is 3.77. The van der Waals surface area contributed by atoms with Crippen molar-refractivity contribution in [2.45, 2.75) is 44.0 Å². The lowest BCUT2D eigenvalue weighted by Crippen LogP contribution is -2.64. The topological polar surface area (TPSA) is 108 Å². The Hall–Kier alpha value is -1.51. The fourth-order valence-electron chi connectivity index (χ4n) is 2.55. The summed E-state index contributed by atoms with van der Waals surface area (Å²) in [4.78, 5) is 11.3. The van der Waals surface area contributed by atoms with Gasteiger partial charge in [-0.05, 0) is 12.0 Å². The predicted octanol–water partition coefficient (Wildman–Crippen LogP) is -0.811. The SMILES string of the molecule is CC(=O)N[C@H]1[C@@H](OCCc2ccccc2)O[C@@H](CO)[C@@H](O)[C@H]1O. The van der Waals surface area contributed by atoms with Gasteiger partial charge < -0.3 is 30.1 Å². The van der Waals surface area contributed by atoms with E-state index in [9.17, 15) is 20.1 Å². The maximum Gasteiger partial charge on any atom is 0.217 e. The fourth-order valence-corrected chi connectivity index (χ4v) is 2.55. The van der Waals surface area contributed by atoms with Crippen molar-refractivity contribution in [1.29, 1.82) is 0 Å². The van der Waals surface area contributed by atoms with Crippen LogP contribution >= 0.6 is 0 Å². The Labute approximate surface area is 134 Å². The van der Waals surface area contributed by atoms with Gasteiger partial charge in [0.15, 0.2) is 6.29 Å². The third-order valence-electron chi connectivity index (χ3n) is 3.77. The third kappa shape index (κ3) is 4.73. The second-order valence-electron chi connectivity index (χ2n) is 5.54. The number of hydrogen-bond donors (Lipinski definition) is 4. The number of carbonyl (C=O) groups is 1. The number of aliphatic hydroxyl groups is 3. The number of hydrogen-bond acceptors (Lipinski definition) is 6. The van der Waals surface area contributed by atoms with Gasteiger partial charge in [0.1, 0.15) is 24.4 Å². The van der Waals surface area contributed by atoms with Gasteiger partial charge in [0.05, 0.1) is 13.2 Å². The predicted molar refractivity (Wildman–Crippen MR) is 81.5 cm³/mol. The Morgan fingerprint density at radius 3 is 2.57 bits per heavy atom. The largest absolute Gasteiger partial charge is 0.394 e. The summed E-state index contributed by atoms with van der Waals surface area (Å²) in [6, 6.07) is 8.80. The zero-order valence-electron chi connectivity index (χ0n) is 13.0. The molecule has 1 amide bonds. The molecule has 1 aromatic carbocycles. The lowest BCUT2D eigenvalue weighted by Gasteiger charge is -2.42. The van der Waals surface area contributed by atoms with Crippen LogP contribution in [0.1, 0.15) is 12.5 Å². The van der Waals surface area contributed by atoms with Gasteiger partial charge in [-0.1, -0.05) is 30.3 Å². The second-order valence-corrected chi connectivity index (χ2v) is 5.54. The van der Waals surface area contributed by atoms with Crippen LogP contribution in [-0.4, -0.2) is 65.1 Å². The first-order chi connectivity index (χ1) is 11.0. The van der Waals surface area contributed by atoms with E-state index < -0.39 is 37.3 Å². The van der Waals surface area contributed by atoms with Crippen LogP contribution in [0.3, 0.4) is 0 Å². The summed E-state index contributed by atoms with van der Waals surface area (Å²) in [5.41, 5.74) is 1.08. The Morgan fingerprint density at radius 1 is 1.26 bits per heavy atom. The van der Waals surface area contributed by atoms with Crippen molar-refractivity contribution in [2.75, 3.05) is 13.2 Å². The van der Waals surface area contributed by atoms with E-state index in [-0.39, 0.29) is 5.91 Å². The van der Waals surface area contributed by atoms with E-state index in [0.717, 1.165) is 5.56 Å². The van der Waals surface area contributed by atoms with E-state index in [2.05, 4.69) is 5.32 Å². The smallest absolute Gasteiger partial charge is 0.217 e. The quantitative estimate of drug-likeness (QED) is 0.545. The molecule has 0 radical (unpaired) electrons. The molecular weight excluding hydrogens is 302 g/mol. The van der Waals surface area contributed by atoms with Gasteiger partial charge in [-0.15, -0.1) is 0 Å². The molecule has 0 unspecified atom stereocenters. The second kappa shape index (κ2) is 8.37. The highest BCUT2D eigenvalue weighted by molar-refractivity contribution is 5.73. The summed E-state index contributed by atoms with van der Waals surface area (Å²) in [6.07, 6.45) is -3.86. The normalized spacial score (nSPS) is 30.9. The molecule has 1 aromatic rings. The summed E-state index contributed by atoms with van der Waals surface area (Å²) >= 11 is 0. The minimum Gasteiger partial charge on any atom is -0.394 e. The molecular formula is C16H23NO6. The Bertz CT molecular complexity index is 497. The molecule has 128 valence electrons. The van der Waals surface area contributed by atoms with Crippen molar-refractivity contribution in [3.8, 4) is 0 Å². The van der Waals surface area contributed by atoms with Crippen LogP contribution in [0, 0.1) is 0 Å². The van der Waals surface area contributed by atoms with Crippen molar-refractivity contribution in [1.82, 2.24) is 5.32 Å². The first-order valence-corrected chi connectivity index (χ1v) is 7.58. The summed E-state index contributed by atoms with van der Waals surface area (Å²) in [5.74, 6) is -0.371. The Balaban J connectivity index is 1.98. The lowest BCUT2D eigenvalue weighted by molar-refractivity contribution is -0.269. The van der Waals surface area contributed by atoms with Crippen molar-refractivity contribution in [3.63, 3.8) is 0 Å². The van der Waals surface area contributed by atoms with E-state index in [4.69, 9.17) is 9.47 Å². The molecule has 0 saturated carbocycles. The van der Waals surface area contributed by atoms with Crippen molar-refractivity contribution in [2.24, 2.45) is 0 Å². The van der Waals surface area contributed by atoms with Crippen molar-refractivity contribution < 1.29 is 29.6 Å². The monoisotopic (exact) mass is 325 g/mol. The molecule has 0 spiro atoms. The van der Waals surface area contributed by atoms with Crippen LogP contribution in [0.15, 0.2) is 30.3 Å². The maximum atomic E-state index is 11.3. The minimum atomic E-state index is -1.30. The molecule has 2 rings (SSSR count). The van der Waals surface area contributed by atoms with Crippen LogP contribution in [0.2, 0.25) is 0 Å². The number of carbonyl (C=O) groups excluding carboxylic acids is 1. The highest BCUT2D eigenvalue weighted by atomic mass is 16.7. The van der Waals surface area contributed by atoms with Gasteiger partial charge >= 0.3 is 0 Å². The Kier molecular flexibility index (Phi) is 6.49. The molecule has 0 aliphatic carbocycles. The van der Waals surface area contributed by atoms with Crippen molar-refractivity contribution in [3.05, 3.63) is 35.9 Å². The number of amides is 1. The van der Waals surface area contributed by atoms with E-state index in [1.807, 2.05) is 30.3 Å². The lowest BCUT2D eigenvalue weighted by atomic mass is 9.97. The van der Waals surface area contributed by atoms with E-state index >= 15 is 0 Å². The molecule has 7 heteroatoms. The minimum absolute atomic E-state index is 0.311. The van der Waals surface area contributed by atoms with Gasteiger partial charge in [-0.25, -0.2) is 0 Å². The molecule has 1 fully saturated rings. The average Bonchev–Trinajstić information content (AvgIpc) is 2.54. The molecule has 7 nitrogen and oxygen atoms in total. The number of benzene rings is 1. The summed E-state index contributed by atoms with van der Waals surface area (Å²) in [6.45, 7) is 1.16. The van der Waals surface area contributed by atoms with E-state index in [0.29, 0.717) is 13.0 Å². The van der Waals surface area contributed by atoms with Gasteiger partial charge in [-0.2, -0.15) is 0 Å². The Morgan fingerprint density at radius 2 is 1.96 bits per heavy atom. The zero-order chi connectivity index (χ0) is 16.8. The van der Waals surface area contributed by atoms with Crippen molar-refractivity contribution >= 4 is 5.91 Å². The standard InChI is InChI=1S/C16H23NO6/c1-10(19)17-13-15(21)14(20)12(9-18)23-16(13)22-8-7-11-5-3-2-4-6-11/h2-6,12-16,18,20-21H,7-9H2,1H3,(H,17,19)/t12-,13+,14+,15-,16-/m0/s1. The molecule has 0 bridgehead atoms. The van der Waals surface area contributed by atoms with Gasteiger partial charge in [0.25, 0.3) is 0 Å². The molecule has 1 aliphatic rings. The summed E-state index contributed by atoms with van der Waals surface area (Å²) in [5, 5.41) is 31.8. The number of nitrogens with one attached hydrogen (secondary N) is 1. The first-order valence-electron chi connectivity index (χ1n) is 7.58. The van der Waals surface area contributed by atoms with Gasteiger partial charge in [-0.3, -0.25) is 4.79 Å². The molecule has 1 saturated heterocycles. The van der Waals surface area contributed by atoms with E-state index in [1.54, 1.807) is 0 Å². The number of aliphatic hydroxyl groups excluding tert-OH is 3. The molecule has 1 aliphatic heterocycles. The number of ether oxygens (including phenoxy) is 2. The molecule has 23 heavy (non-hydrogen) atoms. The van der Waals surface area contributed by atoms with Crippen LogP contribution < -0.4 is 5.32 Å². The summed E-state index contributed by atoms with van der Waals surface area (Å²) < 4.78 is 11.1. The molecule has 4 N–H and O–H groups in total. The maximum absolute atomic E-state index is 11.3. The van der Waals surface area contributed by atoms with E-state index in [1.165, 1.54) is 6.92 Å². The highest BCUT2D eigenvalue weighted by Crippen LogP contribution is 2.22. The summed E-state index contributed by atoms with van der Waals surface area (Å²) in [7, 11) is 0. The van der Waals surface area contributed by atoms with Crippen LogP contribution in [0.25, 0.3) is 0 Å². The molecule has 5 atom stereocenters. The fraction of sp³-hybridized carbons (Fsp3) is 0.562. The van der Waals surface area contributed by atoms with Gasteiger partial charge in [0.2, 0.25) is 5.91 Å². The van der Waals surface area contributed by atoms with Gasteiger partial charge in [0, 0.05) is 6.92 Å². The van der Waals surface area contributed by atoms with Crippen LogP contribution in [0.4, 0.5) is 0 Å². The number of rotatable bonds is 6. The average molecular weight is 325 g/mol. The highest BCUT2D eigenvalue weighted by Gasteiger charge is 2.45. The molecule has 0 aromatic heterocycles. The first kappa shape index (κ1) is 17.8. The molecule has 1 heterocycles. The zero-order valence-corrected chi connectivity index (χ0v) is 13.0. The van der Waals surface area contributed by atoms with Crippen LogP contribution in [-0.2, 0) is 20.7 Å². The van der Waals surface area contributed by atoms with Crippen LogP contribution in [0.5, 0.6) is 0 Å².